The number of nitro benzene ring substituents is 1. The van der Waals surface area contributed by atoms with E-state index in [2.05, 4.69) is 33.1 Å². The van der Waals surface area contributed by atoms with Gasteiger partial charge in [0.2, 0.25) is 0 Å². The van der Waals surface area contributed by atoms with Crippen LogP contribution in [0.25, 0.3) is 0 Å². The van der Waals surface area contributed by atoms with Crippen LogP contribution >= 0.6 is 22.6 Å². The molecule has 0 spiro atoms. The summed E-state index contributed by atoms with van der Waals surface area (Å²) >= 11 is 2.14. The molecule has 0 aliphatic carbocycles. The van der Waals surface area contributed by atoms with E-state index < -0.39 is 28.0 Å². The van der Waals surface area contributed by atoms with Crippen LogP contribution in [-0.4, -0.2) is 33.9 Å². The first-order chi connectivity index (χ1) is 11.9. The van der Waals surface area contributed by atoms with E-state index in [0.29, 0.717) is 5.75 Å². The molecule has 0 atom stereocenters. The van der Waals surface area contributed by atoms with Crippen molar-refractivity contribution in [2.75, 3.05) is 6.61 Å². The number of hydrogen-bond donors (Lipinski definition) is 3. The predicted octanol–water partition coefficient (Wildman–Crippen LogP) is 2.14. The van der Waals surface area contributed by atoms with Gasteiger partial charge in [-0.15, -0.1) is 0 Å². The Labute approximate surface area is 155 Å². The molecular weight excluding hydrogens is 445 g/mol. The second-order valence-corrected chi connectivity index (χ2v) is 5.94. The summed E-state index contributed by atoms with van der Waals surface area (Å²) in [6.07, 6.45) is 1.02. The summed E-state index contributed by atoms with van der Waals surface area (Å²) in [5.74, 6) is -1.13. The van der Waals surface area contributed by atoms with Crippen LogP contribution in [0.2, 0.25) is 0 Å². The SMILES string of the molecule is O=C(COc1ccc(I)cc1)N/N=C/c1cc([N+](=O)[O-])c(O)cc1O. The van der Waals surface area contributed by atoms with Gasteiger partial charge in [0.05, 0.1) is 11.1 Å². The number of nitro groups is 1. The number of hydrazone groups is 1. The molecule has 0 radical (unpaired) electrons. The van der Waals surface area contributed by atoms with E-state index in [1.54, 1.807) is 12.1 Å². The summed E-state index contributed by atoms with van der Waals surface area (Å²) < 4.78 is 6.28. The van der Waals surface area contributed by atoms with Crippen LogP contribution in [0, 0.1) is 13.7 Å². The molecular formula is C15H12IN3O6. The van der Waals surface area contributed by atoms with Gasteiger partial charge in [-0.3, -0.25) is 14.9 Å². The first-order valence-electron chi connectivity index (χ1n) is 6.77. The van der Waals surface area contributed by atoms with E-state index in [1.165, 1.54) is 0 Å². The molecule has 0 aliphatic heterocycles. The van der Waals surface area contributed by atoms with Crippen LogP contribution in [0.4, 0.5) is 5.69 Å². The molecule has 10 heteroatoms. The van der Waals surface area contributed by atoms with Crippen molar-refractivity contribution in [2.45, 2.75) is 0 Å². The Balaban J connectivity index is 1.94. The average Bonchev–Trinajstić information content (AvgIpc) is 2.56. The van der Waals surface area contributed by atoms with Gasteiger partial charge in [0.25, 0.3) is 5.91 Å². The van der Waals surface area contributed by atoms with E-state index in [0.717, 1.165) is 21.9 Å². The molecule has 0 fully saturated rings. The van der Waals surface area contributed by atoms with E-state index >= 15 is 0 Å². The van der Waals surface area contributed by atoms with Crippen molar-refractivity contribution in [1.29, 1.82) is 0 Å². The quantitative estimate of drug-likeness (QED) is 0.264. The Kier molecular flexibility index (Phi) is 6.11. The fourth-order valence-electron chi connectivity index (χ4n) is 1.72. The Morgan fingerprint density at radius 1 is 1.28 bits per heavy atom. The van der Waals surface area contributed by atoms with Crippen LogP contribution in [0.1, 0.15) is 5.56 Å². The minimum absolute atomic E-state index is 0.0386. The third-order valence-corrected chi connectivity index (χ3v) is 3.62. The van der Waals surface area contributed by atoms with Crippen LogP contribution in [0.3, 0.4) is 0 Å². The van der Waals surface area contributed by atoms with E-state index in [9.17, 15) is 25.1 Å². The number of hydrogen-bond acceptors (Lipinski definition) is 7. The average molecular weight is 457 g/mol. The lowest BCUT2D eigenvalue weighted by Gasteiger charge is -2.05. The molecule has 2 rings (SSSR count). The Hall–Kier alpha value is -2.89. The second-order valence-electron chi connectivity index (χ2n) is 4.69. The number of halogens is 1. The minimum Gasteiger partial charge on any atom is -0.507 e. The molecule has 0 saturated heterocycles. The largest absolute Gasteiger partial charge is 0.507 e. The van der Waals surface area contributed by atoms with Crippen molar-refractivity contribution in [2.24, 2.45) is 5.10 Å². The van der Waals surface area contributed by atoms with Crippen molar-refractivity contribution in [3.05, 3.63) is 55.6 Å². The summed E-state index contributed by atoms with van der Waals surface area (Å²) in [6.45, 7) is -0.278. The molecule has 2 aromatic carbocycles. The molecule has 0 unspecified atom stereocenters. The van der Waals surface area contributed by atoms with Gasteiger partial charge in [-0.25, -0.2) is 5.43 Å². The smallest absolute Gasteiger partial charge is 0.311 e. The van der Waals surface area contributed by atoms with Crippen molar-refractivity contribution in [1.82, 2.24) is 5.43 Å². The zero-order chi connectivity index (χ0) is 18.4. The fourth-order valence-corrected chi connectivity index (χ4v) is 2.08. The van der Waals surface area contributed by atoms with E-state index in [-0.39, 0.29) is 12.2 Å². The molecule has 130 valence electrons. The highest BCUT2D eigenvalue weighted by Gasteiger charge is 2.16. The normalized spacial score (nSPS) is 10.6. The Bertz CT molecular complexity index is 823. The van der Waals surface area contributed by atoms with Gasteiger partial charge in [-0.2, -0.15) is 5.10 Å². The maximum atomic E-state index is 11.6. The molecule has 0 bridgehead atoms. The van der Waals surface area contributed by atoms with Gasteiger partial charge in [0, 0.05) is 21.3 Å². The molecule has 0 saturated carbocycles. The van der Waals surface area contributed by atoms with E-state index in [1.807, 2.05) is 12.1 Å². The standard InChI is InChI=1S/C15H12IN3O6/c16-10-1-3-11(4-2-10)25-8-15(22)18-17-7-9-5-12(19(23)24)14(21)6-13(9)20/h1-7,20-21H,8H2,(H,18,22)/b17-7+. The monoisotopic (exact) mass is 457 g/mol. The molecule has 0 aliphatic rings. The van der Waals surface area contributed by atoms with Crippen molar-refractivity contribution in [3.8, 4) is 17.2 Å². The number of phenols is 2. The predicted molar refractivity (Wildman–Crippen MR) is 96.8 cm³/mol. The molecule has 0 aromatic heterocycles. The fraction of sp³-hybridized carbons (Fsp3) is 0.0667. The second kappa shape index (κ2) is 8.28. The highest BCUT2D eigenvalue weighted by molar-refractivity contribution is 14.1. The van der Waals surface area contributed by atoms with Gasteiger partial charge >= 0.3 is 5.69 Å². The van der Waals surface area contributed by atoms with Gasteiger partial charge < -0.3 is 14.9 Å². The molecule has 3 N–H and O–H groups in total. The third kappa shape index (κ3) is 5.31. The van der Waals surface area contributed by atoms with Gasteiger partial charge in [-0.1, -0.05) is 0 Å². The highest BCUT2D eigenvalue weighted by atomic mass is 127. The molecule has 2 aromatic rings. The summed E-state index contributed by atoms with van der Waals surface area (Å²) in [5, 5.41) is 33.3. The molecule has 0 heterocycles. The number of nitrogens with one attached hydrogen (secondary N) is 1. The molecule has 25 heavy (non-hydrogen) atoms. The topological polar surface area (TPSA) is 134 Å². The van der Waals surface area contributed by atoms with Crippen molar-refractivity contribution >= 4 is 40.4 Å². The lowest BCUT2D eigenvalue weighted by Crippen LogP contribution is -2.24. The number of carbonyl (C=O) groups is 1. The minimum atomic E-state index is -0.806. The number of carbonyl (C=O) groups excluding carboxylic acids is 1. The van der Waals surface area contributed by atoms with Crippen molar-refractivity contribution in [3.63, 3.8) is 0 Å². The third-order valence-electron chi connectivity index (χ3n) is 2.90. The van der Waals surface area contributed by atoms with Gasteiger partial charge in [0.1, 0.15) is 11.5 Å². The number of amides is 1. The highest BCUT2D eigenvalue weighted by Crippen LogP contribution is 2.31. The first kappa shape index (κ1) is 18.4. The molecule has 1 amide bonds. The lowest BCUT2D eigenvalue weighted by molar-refractivity contribution is -0.385. The first-order valence-corrected chi connectivity index (χ1v) is 7.85. The Morgan fingerprint density at radius 2 is 1.96 bits per heavy atom. The summed E-state index contributed by atoms with van der Waals surface area (Å²) in [7, 11) is 0. The summed E-state index contributed by atoms with van der Waals surface area (Å²) in [4.78, 5) is 21.6. The number of ether oxygens (including phenoxy) is 1. The number of aromatic hydroxyl groups is 2. The van der Waals surface area contributed by atoms with Crippen LogP contribution < -0.4 is 10.2 Å². The lowest BCUT2D eigenvalue weighted by atomic mass is 10.2. The maximum Gasteiger partial charge on any atom is 0.311 e. The number of nitrogens with zero attached hydrogens (tertiary/aromatic N) is 2. The summed E-state index contributed by atoms with van der Waals surface area (Å²) in [5.41, 5.74) is 1.54. The zero-order valence-electron chi connectivity index (χ0n) is 12.5. The molecule has 9 nitrogen and oxygen atoms in total. The zero-order valence-corrected chi connectivity index (χ0v) is 14.7. The maximum absolute atomic E-state index is 11.6. The van der Waals surface area contributed by atoms with Crippen LogP contribution in [0.5, 0.6) is 17.2 Å². The number of rotatable bonds is 6. The van der Waals surface area contributed by atoms with Crippen LogP contribution in [0.15, 0.2) is 41.5 Å². The van der Waals surface area contributed by atoms with E-state index in [4.69, 9.17) is 4.74 Å². The Morgan fingerprint density at radius 3 is 2.60 bits per heavy atom. The van der Waals surface area contributed by atoms with Crippen LogP contribution in [-0.2, 0) is 4.79 Å². The number of benzene rings is 2. The van der Waals surface area contributed by atoms with Crippen molar-refractivity contribution < 1.29 is 24.7 Å². The van der Waals surface area contributed by atoms with Gasteiger partial charge in [0.15, 0.2) is 12.4 Å². The van der Waals surface area contributed by atoms with Gasteiger partial charge in [-0.05, 0) is 46.9 Å². The number of phenolic OH excluding ortho intramolecular Hbond substituents is 2. The summed E-state index contributed by atoms with van der Waals surface area (Å²) in [6, 6.07) is 8.83.